The minimum absolute atomic E-state index is 0.477. The lowest BCUT2D eigenvalue weighted by molar-refractivity contribution is -0.287. The van der Waals surface area contributed by atoms with Crippen LogP contribution in [0.2, 0.25) is 0 Å². The molecular weight excluding hydrogens is 556 g/mol. The van der Waals surface area contributed by atoms with Crippen LogP contribution in [0.15, 0.2) is 41.0 Å². The smallest absolute Gasteiger partial charge is 0.203 e. The van der Waals surface area contributed by atoms with Crippen LogP contribution in [0, 0.1) is 0 Å². The van der Waals surface area contributed by atoms with Crippen LogP contribution < -0.4 is 4.90 Å². The predicted molar refractivity (Wildman–Crippen MR) is 144 cm³/mol. The van der Waals surface area contributed by atoms with Gasteiger partial charge in [-0.15, -0.1) is 0 Å². The van der Waals surface area contributed by atoms with Crippen molar-refractivity contribution in [2.45, 2.75) is 20.0 Å². The second-order valence-electron chi connectivity index (χ2n) is 7.03. The highest BCUT2D eigenvalue weighted by molar-refractivity contribution is 14.1. The molecule has 2 aromatic carbocycles. The topological polar surface area (TPSA) is 60.6 Å². The predicted octanol–water partition coefficient (Wildman–Crippen LogP) is 7.11. The van der Waals surface area contributed by atoms with Gasteiger partial charge in [0.1, 0.15) is 18.3 Å². The summed E-state index contributed by atoms with van der Waals surface area (Å²) in [7, 11) is -0.477. The van der Waals surface area contributed by atoms with Crippen molar-refractivity contribution >= 4 is 80.2 Å². The van der Waals surface area contributed by atoms with Crippen molar-refractivity contribution in [1.29, 1.82) is 0 Å². The largest absolute Gasteiger partial charge is 0.370 e. The third kappa shape index (κ3) is 5.15. The molecule has 32 heavy (non-hydrogen) atoms. The van der Waals surface area contributed by atoms with Gasteiger partial charge in [0.25, 0.3) is 0 Å². The van der Waals surface area contributed by atoms with E-state index in [-0.39, 0.29) is 0 Å². The molecule has 6 nitrogen and oxygen atoms in total. The zero-order chi connectivity index (χ0) is 22.3. The Morgan fingerprint density at radius 2 is 1.81 bits per heavy atom. The molecule has 2 heterocycles. The van der Waals surface area contributed by atoms with Crippen LogP contribution in [0.1, 0.15) is 24.0 Å². The van der Waals surface area contributed by atoms with E-state index in [1.807, 2.05) is 11.3 Å². The highest BCUT2D eigenvalue weighted by Gasteiger charge is 2.22. The molecule has 168 valence electrons. The van der Waals surface area contributed by atoms with E-state index in [9.17, 15) is 0 Å². The molecule has 0 bridgehead atoms. The minimum Gasteiger partial charge on any atom is -0.370 e. The number of aromatic nitrogens is 2. The number of alkyl halides is 1. The van der Waals surface area contributed by atoms with Crippen molar-refractivity contribution in [3.05, 3.63) is 46.6 Å². The van der Waals surface area contributed by atoms with Crippen LogP contribution in [-0.4, -0.2) is 41.0 Å². The summed E-state index contributed by atoms with van der Waals surface area (Å²) in [6.45, 7) is 7.31. The number of fused-ring (bicyclic) bond motifs is 2. The lowest BCUT2D eigenvalue weighted by atomic mass is 10.1. The fourth-order valence-electron chi connectivity index (χ4n) is 3.67. The van der Waals surface area contributed by atoms with E-state index in [0.717, 1.165) is 46.0 Å². The van der Waals surface area contributed by atoms with Crippen molar-refractivity contribution in [1.82, 2.24) is 10.3 Å². The Labute approximate surface area is 206 Å². The molecule has 0 radical (unpaired) electrons. The summed E-state index contributed by atoms with van der Waals surface area (Å²) in [5.74, 6) is 0. The van der Waals surface area contributed by atoms with Gasteiger partial charge in [-0.1, -0.05) is 52.1 Å². The second-order valence-corrected chi connectivity index (χ2v) is 11.8. The first kappa shape index (κ1) is 23.6. The Morgan fingerprint density at radius 3 is 2.62 bits per heavy atom. The lowest BCUT2D eigenvalue weighted by Gasteiger charge is -2.20. The molecule has 0 aliphatic rings. The summed E-state index contributed by atoms with van der Waals surface area (Å²) in [5, 5.41) is 9.80. The first-order chi connectivity index (χ1) is 15.8. The molecule has 0 amide bonds. The van der Waals surface area contributed by atoms with Crippen LogP contribution in [0.4, 0.5) is 5.69 Å². The van der Waals surface area contributed by atoms with Crippen molar-refractivity contribution < 1.29 is 14.4 Å². The quantitative estimate of drug-likeness (QED) is 0.0618. The Hall–Kier alpha value is -1.58. The Balaban J connectivity index is 1.64. The monoisotopic (exact) mass is 582 g/mol. The molecule has 0 fully saturated rings. The van der Waals surface area contributed by atoms with Gasteiger partial charge in [-0.05, 0) is 54.5 Å². The fourth-order valence-corrected chi connectivity index (χ4v) is 8.12. The van der Waals surface area contributed by atoms with Crippen molar-refractivity contribution in [2.24, 2.45) is 0 Å². The maximum Gasteiger partial charge on any atom is 0.203 e. The maximum absolute atomic E-state index is 5.40. The van der Waals surface area contributed by atoms with Gasteiger partial charge >= 0.3 is 0 Å². The molecule has 1 atom stereocenters. The number of anilines is 1. The molecule has 0 saturated carbocycles. The van der Waals surface area contributed by atoms with Crippen molar-refractivity contribution in [2.75, 3.05) is 35.6 Å². The molecule has 0 aliphatic heterocycles. The maximum atomic E-state index is 5.40. The van der Waals surface area contributed by atoms with Crippen molar-refractivity contribution in [3.8, 4) is 0 Å². The second kappa shape index (κ2) is 11.5. The van der Waals surface area contributed by atoms with Gasteiger partial charge in [0, 0.05) is 23.1 Å². The fraction of sp³-hybridized carbons (Fsp3) is 0.348. The normalized spacial score (nSPS) is 12.4. The third-order valence-electron chi connectivity index (χ3n) is 5.21. The van der Waals surface area contributed by atoms with Gasteiger partial charge in [0.2, 0.25) is 4.61 Å². The molecule has 0 N–H and O–H groups in total. The van der Waals surface area contributed by atoms with E-state index in [2.05, 4.69) is 100 Å². The van der Waals surface area contributed by atoms with E-state index in [1.54, 1.807) is 0 Å². The van der Waals surface area contributed by atoms with Gasteiger partial charge in [0.05, 0.1) is 17.0 Å². The molecular formula is C23H26IN3O3PS+. The Morgan fingerprint density at radius 1 is 1.03 bits per heavy atom. The highest BCUT2D eigenvalue weighted by Crippen LogP contribution is 2.49. The number of hydrogen-bond acceptors (Lipinski definition) is 7. The SMILES string of the molecule is CCN(CC)c1ccc(/C=C/c2sc3ccccc3[p+]2CCOOCCI)c2nonc12. The van der Waals surface area contributed by atoms with E-state index < -0.39 is 7.53 Å². The van der Waals surface area contributed by atoms with Gasteiger partial charge in [-0.3, -0.25) is 0 Å². The van der Waals surface area contributed by atoms with Crippen LogP contribution in [0.5, 0.6) is 0 Å². The van der Waals surface area contributed by atoms with Crippen LogP contribution in [0.3, 0.4) is 0 Å². The minimum atomic E-state index is -0.477. The summed E-state index contributed by atoms with van der Waals surface area (Å²) in [4.78, 5) is 12.9. The Bertz CT molecular complexity index is 1210. The van der Waals surface area contributed by atoms with E-state index in [1.165, 1.54) is 14.4 Å². The number of hydrogen-bond donors (Lipinski definition) is 0. The Kier molecular flexibility index (Phi) is 8.49. The summed E-state index contributed by atoms with van der Waals surface area (Å²) >= 11 is 4.12. The third-order valence-corrected chi connectivity index (χ3v) is 9.94. The van der Waals surface area contributed by atoms with Crippen LogP contribution >= 0.6 is 41.5 Å². The average molecular weight is 582 g/mol. The first-order valence-electron chi connectivity index (χ1n) is 10.7. The van der Waals surface area contributed by atoms with E-state index >= 15 is 0 Å². The standard InChI is InChI=1S/C23H26IN3O3PS/c1-3-27(4-2)18-11-9-17(22-23(18)26-30-25-22)10-12-21-31(16-15-29-28-14-13-24)19-7-5-6-8-20(19)32-21/h5-12H,3-4,13-16H2,1-2H3/q+1/b12-10+. The molecule has 0 aliphatic carbocycles. The van der Waals surface area contributed by atoms with Gasteiger partial charge < -0.3 is 4.90 Å². The summed E-state index contributed by atoms with van der Waals surface area (Å²) in [5.41, 5.74) is 3.68. The number of halogens is 1. The zero-order valence-electron chi connectivity index (χ0n) is 18.2. The lowest BCUT2D eigenvalue weighted by Crippen LogP contribution is -2.22. The van der Waals surface area contributed by atoms with Crippen LogP contribution in [-0.2, 0) is 15.9 Å². The van der Waals surface area contributed by atoms with Crippen molar-refractivity contribution in [3.63, 3.8) is 0 Å². The van der Waals surface area contributed by atoms with E-state index in [0.29, 0.717) is 13.2 Å². The molecule has 9 heteroatoms. The van der Waals surface area contributed by atoms with Gasteiger partial charge in [-0.25, -0.2) is 14.4 Å². The molecule has 4 rings (SSSR count). The van der Waals surface area contributed by atoms with Gasteiger partial charge in [0.15, 0.2) is 18.2 Å². The van der Waals surface area contributed by atoms with Gasteiger partial charge in [-0.2, -0.15) is 0 Å². The number of rotatable bonds is 11. The van der Waals surface area contributed by atoms with E-state index in [4.69, 9.17) is 14.4 Å². The summed E-state index contributed by atoms with van der Waals surface area (Å²) < 4.78 is 8.72. The molecule has 4 aromatic rings. The molecule has 1 unspecified atom stereocenters. The number of nitrogens with zero attached hydrogens (tertiary/aromatic N) is 3. The zero-order valence-corrected chi connectivity index (χ0v) is 22.0. The molecule has 0 saturated heterocycles. The summed E-state index contributed by atoms with van der Waals surface area (Å²) in [6.07, 6.45) is 5.29. The average Bonchev–Trinajstić information content (AvgIpc) is 3.44. The van der Waals surface area contributed by atoms with Crippen LogP contribution in [0.25, 0.3) is 33.0 Å². The highest BCUT2D eigenvalue weighted by atomic mass is 127. The molecule has 2 aromatic heterocycles. The number of benzene rings is 2. The first-order valence-corrected chi connectivity index (χ1v) is 14.5. The molecule has 0 spiro atoms. The summed E-state index contributed by atoms with van der Waals surface area (Å²) in [6, 6.07) is 12.9.